The molecule has 0 aromatic heterocycles. The fraction of sp³-hybridized carbons (Fsp3) is 0.517. The molecule has 13 N–H and O–H groups in total. The van der Waals surface area contributed by atoms with Crippen molar-refractivity contribution < 1.29 is 57.5 Å². The van der Waals surface area contributed by atoms with Crippen LogP contribution in [0.4, 0.5) is 0 Å². The second kappa shape index (κ2) is 27.5. The van der Waals surface area contributed by atoms with E-state index in [2.05, 4.69) is 89.7 Å². The van der Waals surface area contributed by atoms with Crippen molar-refractivity contribution in [2.45, 2.75) is 31.5 Å². The van der Waals surface area contributed by atoms with E-state index in [0.29, 0.717) is 0 Å². The normalized spacial score (nSPS) is 11.6. The lowest BCUT2D eigenvalue weighted by Crippen LogP contribution is -2.52. The average molecular weight is 817 g/mol. The van der Waals surface area contributed by atoms with Gasteiger partial charge in [-0.25, -0.2) is 0 Å². The van der Waals surface area contributed by atoms with Crippen molar-refractivity contribution >= 4 is 96.1 Å². The minimum atomic E-state index is -1.33. The van der Waals surface area contributed by atoms with Crippen molar-refractivity contribution in [2.24, 2.45) is 5.73 Å². The number of nitrogens with one attached hydrogen (secondary N) is 11. The third kappa shape index (κ3) is 24.0. The Balaban J connectivity index is 4.42. The molecule has 0 unspecified atom stereocenters. The van der Waals surface area contributed by atoms with Gasteiger partial charge in [0.15, 0.2) is 0 Å². The van der Waals surface area contributed by atoms with Crippen LogP contribution in [0.25, 0.3) is 0 Å². The number of thiol groups is 2. The maximum atomic E-state index is 12.5. The first-order valence-corrected chi connectivity index (χ1v) is 17.1. The third-order valence-electron chi connectivity index (χ3n) is 6.23. The predicted octanol–water partition coefficient (Wildman–Crippen LogP) is -9.24. The number of carbonyl (C=O) groups excluding carboxylic acids is 12. The summed E-state index contributed by atoms with van der Waals surface area (Å²) in [6.07, 6.45) is 4.94. The number of primary amides is 1. The van der Waals surface area contributed by atoms with Crippen molar-refractivity contribution in [3.05, 3.63) is 0 Å². The summed E-state index contributed by atoms with van der Waals surface area (Å²) in [5.41, 5.74) is 5.07. The number of terminal acetylenes is 1. The summed E-state index contributed by atoms with van der Waals surface area (Å²) in [5.74, 6) is -7.05. The van der Waals surface area contributed by atoms with E-state index in [0.717, 1.165) is 0 Å². The molecule has 0 fully saturated rings. The van der Waals surface area contributed by atoms with Gasteiger partial charge in [0.2, 0.25) is 70.9 Å². The largest absolute Gasteiger partial charge is 0.368 e. The smallest absolute Gasteiger partial charge is 0.244 e. The number of amides is 12. The van der Waals surface area contributed by atoms with Crippen molar-refractivity contribution in [1.29, 1.82) is 0 Å². The summed E-state index contributed by atoms with van der Waals surface area (Å²) in [4.78, 5) is 142. The van der Waals surface area contributed by atoms with Crippen LogP contribution in [-0.4, -0.2) is 153 Å². The SMILES string of the molecule is C#CC[C@H](NC(=O)CNC(=O)CNC(=O)CNC(=O)CNC(=O)[C@H](CS)NC(C)=O)C(=O)NCC(=O)NCC(=O)NCC(=O)NCC(=O)N[C@@H](CS)C(N)=O. The Morgan fingerprint density at radius 1 is 0.473 bits per heavy atom. The molecular formula is C29H44N12O12S2. The van der Waals surface area contributed by atoms with Crippen LogP contribution in [0.3, 0.4) is 0 Å². The number of rotatable bonds is 25. The quantitative estimate of drug-likeness (QED) is 0.0302. The highest BCUT2D eigenvalue weighted by molar-refractivity contribution is 7.80. The molecule has 0 aliphatic carbocycles. The van der Waals surface area contributed by atoms with Crippen LogP contribution >= 0.6 is 25.3 Å². The molecule has 24 nitrogen and oxygen atoms in total. The summed E-state index contributed by atoms with van der Waals surface area (Å²) in [6.45, 7) is -3.41. The van der Waals surface area contributed by atoms with E-state index in [1.807, 2.05) is 0 Å². The van der Waals surface area contributed by atoms with E-state index in [-0.39, 0.29) is 17.9 Å². The number of hydrogen-bond acceptors (Lipinski definition) is 14. The minimum absolute atomic E-state index is 0.0206. The summed E-state index contributed by atoms with van der Waals surface area (Å²) in [6, 6.07) is -3.33. The topological polar surface area (TPSA) is 363 Å². The van der Waals surface area contributed by atoms with Gasteiger partial charge in [0, 0.05) is 24.9 Å². The second-order valence-electron chi connectivity index (χ2n) is 10.8. The fourth-order valence-corrected chi connectivity index (χ4v) is 4.02. The summed E-state index contributed by atoms with van der Waals surface area (Å²) >= 11 is 7.80. The monoisotopic (exact) mass is 816 g/mol. The van der Waals surface area contributed by atoms with Crippen LogP contribution in [0.1, 0.15) is 13.3 Å². The molecule has 304 valence electrons. The van der Waals surface area contributed by atoms with Gasteiger partial charge in [-0.3, -0.25) is 57.5 Å². The summed E-state index contributed by atoms with van der Waals surface area (Å²) in [7, 11) is 0. The molecule has 55 heavy (non-hydrogen) atoms. The maximum absolute atomic E-state index is 12.5. The Labute approximate surface area is 325 Å². The molecule has 0 radical (unpaired) electrons. The van der Waals surface area contributed by atoms with Gasteiger partial charge in [-0.15, -0.1) is 12.3 Å². The van der Waals surface area contributed by atoms with E-state index in [4.69, 9.17) is 12.2 Å². The maximum Gasteiger partial charge on any atom is 0.244 e. The molecule has 0 saturated heterocycles. The molecule has 0 aliphatic rings. The Morgan fingerprint density at radius 2 is 0.764 bits per heavy atom. The summed E-state index contributed by atoms with van der Waals surface area (Å²) in [5, 5.41) is 24.5. The lowest BCUT2D eigenvalue weighted by Gasteiger charge is -2.16. The van der Waals surface area contributed by atoms with Gasteiger partial charge in [0.05, 0.1) is 52.4 Å². The Hall–Kier alpha value is -6.10. The van der Waals surface area contributed by atoms with Crippen molar-refractivity contribution in [3.63, 3.8) is 0 Å². The molecule has 3 atom stereocenters. The molecule has 0 bridgehead atoms. The zero-order valence-electron chi connectivity index (χ0n) is 29.5. The molecular weight excluding hydrogens is 773 g/mol. The van der Waals surface area contributed by atoms with Crippen molar-refractivity contribution in [2.75, 3.05) is 63.9 Å². The lowest BCUT2D eigenvalue weighted by atomic mass is 10.2. The summed E-state index contributed by atoms with van der Waals surface area (Å²) < 4.78 is 0. The Kier molecular flexibility index (Phi) is 24.4. The highest BCUT2D eigenvalue weighted by atomic mass is 32.1. The molecule has 12 amide bonds. The Bertz CT molecular complexity index is 1510. The number of nitrogens with two attached hydrogens (primary N) is 1. The fourth-order valence-electron chi connectivity index (χ4n) is 3.49. The third-order valence-corrected chi connectivity index (χ3v) is 6.96. The van der Waals surface area contributed by atoms with E-state index < -0.39 is 141 Å². The number of carbonyl (C=O) groups is 12. The Morgan fingerprint density at radius 3 is 1.05 bits per heavy atom. The van der Waals surface area contributed by atoms with Crippen molar-refractivity contribution in [3.8, 4) is 12.3 Å². The van der Waals surface area contributed by atoms with Gasteiger partial charge in [-0.2, -0.15) is 25.3 Å². The molecule has 26 heteroatoms. The highest BCUT2D eigenvalue weighted by Gasteiger charge is 2.22. The molecule has 0 rings (SSSR count). The zero-order chi connectivity index (χ0) is 41.9. The first kappa shape index (κ1) is 48.9. The highest BCUT2D eigenvalue weighted by Crippen LogP contribution is 1.92. The zero-order valence-corrected chi connectivity index (χ0v) is 31.2. The van der Waals surface area contributed by atoms with E-state index >= 15 is 0 Å². The van der Waals surface area contributed by atoms with Gasteiger partial charge in [-0.1, -0.05) is 0 Å². The molecule has 0 spiro atoms. The van der Waals surface area contributed by atoms with Crippen molar-refractivity contribution in [1.82, 2.24) is 58.5 Å². The van der Waals surface area contributed by atoms with Crippen LogP contribution < -0.4 is 64.2 Å². The first-order chi connectivity index (χ1) is 25.9. The minimum Gasteiger partial charge on any atom is -0.368 e. The van der Waals surface area contributed by atoms with Crippen LogP contribution in [-0.2, 0) is 57.5 Å². The van der Waals surface area contributed by atoms with Crippen LogP contribution in [0.5, 0.6) is 0 Å². The first-order valence-electron chi connectivity index (χ1n) is 15.9. The number of hydrogen-bond donors (Lipinski definition) is 14. The molecule has 0 heterocycles. The molecule has 0 aromatic rings. The van der Waals surface area contributed by atoms with Crippen LogP contribution in [0.2, 0.25) is 0 Å². The average Bonchev–Trinajstić information content (AvgIpc) is 3.14. The van der Waals surface area contributed by atoms with Gasteiger partial charge in [0.25, 0.3) is 0 Å². The predicted molar refractivity (Wildman–Crippen MR) is 196 cm³/mol. The van der Waals surface area contributed by atoms with Gasteiger partial charge in [-0.05, 0) is 0 Å². The van der Waals surface area contributed by atoms with E-state index in [1.165, 1.54) is 6.92 Å². The molecule has 0 aliphatic heterocycles. The second-order valence-corrected chi connectivity index (χ2v) is 11.5. The van der Waals surface area contributed by atoms with Crippen LogP contribution in [0.15, 0.2) is 0 Å². The molecule has 0 aromatic carbocycles. The molecule has 0 saturated carbocycles. The van der Waals surface area contributed by atoms with Gasteiger partial charge < -0.3 is 64.2 Å². The van der Waals surface area contributed by atoms with E-state index in [9.17, 15) is 57.5 Å². The lowest BCUT2D eigenvalue weighted by molar-refractivity contribution is -0.131. The van der Waals surface area contributed by atoms with E-state index in [1.54, 1.807) is 0 Å². The van der Waals surface area contributed by atoms with Crippen LogP contribution in [0, 0.1) is 12.3 Å². The van der Waals surface area contributed by atoms with Gasteiger partial charge in [0.1, 0.15) is 18.1 Å². The standard InChI is InChI=1S/C29H44N12O12S2/c1-3-4-16(28(52)37-9-23(47)33-5-19(43)32-8-22(46)36-12-26(50)41-17(13-54)27(30)51)40-25(49)11-35-21(45)7-31-20(44)6-34-24(48)10-38-29(53)18(14-55)39-15(2)42/h1,16-18,54-55H,4-14H2,2H3,(H2,30,51)(H,31,44)(H,32,43)(H,33,47)(H,34,48)(H,35,45)(H,36,46)(H,37,52)(H,38,53)(H,39,42)(H,40,49)(H,41,50)/t16-,17-,18-/m0/s1. The van der Waals surface area contributed by atoms with Gasteiger partial charge >= 0.3 is 0 Å².